The number of hydrogen-bond acceptors (Lipinski definition) is 2. The third-order valence-corrected chi connectivity index (χ3v) is 3.50. The molecule has 0 saturated carbocycles. The van der Waals surface area contributed by atoms with Crippen molar-refractivity contribution in [2.45, 2.75) is 25.2 Å². The molecule has 0 amide bonds. The topological polar surface area (TPSA) is 33.1 Å². The van der Waals surface area contributed by atoms with E-state index in [1.54, 1.807) is 12.3 Å². The smallest absolute Gasteiger partial charge is 0.127 e. The molecule has 1 atom stereocenters. The second kappa shape index (κ2) is 4.41. The van der Waals surface area contributed by atoms with Crippen molar-refractivity contribution in [1.82, 2.24) is 4.98 Å². The van der Waals surface area contributed by atoms with Crippen molar-refractivity contribution in [2.75, 3.05) is 0 Å². The summed E-state index contributed by atoms with van der Waals surface area (Å²) in [5.74, 6) is -0.322. The quantitative estimate of drug-likeness (QED) is 0.832. The van der Waals surface area contributed by atoms with E-state index in [0.29, 0.717) is 0 Å². The van der Waals surface area contributed by atoms with Crippen LogP contribution in [0.5, 0.6) is 5.75 Å². The number of aromatic nitrogens is 1. The highest BCUT2D eigenvalue weighted by atomic mass is 19.1. The van der Waals surface area contributed by atoms with Crippen molar-refractivity contribution in [3.63, 3.8) is 0 Å². The van der Waals surface area contributed by atoms with E-state index in [1.807, 2.05) is 6.07 Å². The van der Waals surface area contributed by atoms with Gasteiger partial charge in [0.05, 0.1) is 5.69 Å². The van der Waals surface area contributed by atoms with Crippen LogP contribution < -0.4 is 0 Å². The molecule has 1 aromatic heterocycles. The molecule has 18 heavy (non-hydrogen) atoms. The maximum Gasteiger partial charge on any atom is 0.127 e. The number of fused-ring (bicyclic) bond motifs is 1. The molecule has 1 unspecified atom stereocenters. The monoisotopic (exact) mass is 243 g/mol. The molecule has 0 fully saturated rings. The van der Waals surface area contributed by atoms with E-state index >= 15 is 0 Å². The molecule has 1 aliphatic carbocycles. The largest absolute Gasteiger partial charge is 0.508 e. The minimum Gasteiger partial charge on any atom is -0.508 e. The van der Waals surface area contributed by atoms with Gasteiger partial charge in [-0.1, -0.05) is 6.07 Å². The Balaban J connectivity index is 2.08. The maximum atomic E-state index is 13.4. The van der Waals surface area contributed by atoms with Crippen LogP contribution in [0.3, 0.4) is 0 Å². The van der Waals surface area contributed by atoms with Crippen LogP contribution in [-0.2, 0) is 6.42 Å². The Morgan fingerprint density at radius 2 is 2.17 bits per heavy atom. The van der Waals surface area contributed by atoms with Crippen molar-refractivity contribution in [2.24, 2.45) is 0 Å². The maximum absolute atomic E-state index is 13.4. The highest BCUT2D eigenvalue weighted by molar-refractivity contribution is 5.39. The molecule has 1 heterocycles. The van der Waals surface area contributed by atoms with Crippen molar-refractivity contribution >= 4 is 0 Å². The summed E-state index contributed by atoms with van der Waals surface area (Å²) in [6, 6.07) is 8.27. The molecule has 2 aromatic rings. The molecule has 1 N–H and O–H groups in total. The van der Waals surface area contributed by atoms with Crippen LogP contribution in [0.15, 0.2) is 36.5 Å². The minimum atomic E-state index is -0.395. The summed E-state index contributed by atoms with van der Waals surface area (Å²) < 4.78 is 13.4. The number of nitrogens with zero attached hydrogens (tertiary/aromatic N) is 1. The summed E-state index contributed by atoms with van der Waals surface area (Å²) in [5.41, 5.74) is 3.07. The minimum absolute atomic E-state index is 0.0203. The van der Waals surface area contributed by atoms with Crippen molar-refractivity contribution < 1.29 is 9.50 Å². The molecule has 0 spiro atoms. The lowest BCUT2D eigenvalue weighted by Gasteiger charge is -2.24. The molecule has 0 bridgehead atoms. The van der Waals surface area contributed by atoms with Gasteiger partial charge in [0.1, 0.15) is 11.6 Å². The lowest BCUT2D eigenvalue weighted by atomic mass is 9.82. The first-order valence-corrected chi connectivity index (χ1v) is 6.17. The highest BCUT2D eigenvalue weighted by Gasteiger charge is 2.23. The van der Waals surface area contributed by atoms with E-state index in [0.717, 1.165) is 36.6 Å². The summed E-state index contributed by atoms with van der Waals surface area (Å²) in [4.78, 5) is 4.43. The van der Waals surface area contributed by atoms with Gasteiger partial charge in [-0.05, 0) is 48.6 Å². The summed E-state index contributed by atoms with van der Waals surface area (Å²) in [6.45, 7) is 0. The number of hydrogen-bond donors (Lipinski definition) is 1. The third kappa shape index (κ3) is 1.96. The fourth-order valence-electron chi connectivity index (χ4n) is 2.73. The predicted molar refractivity (Wildman–Crippen MR) is 67.1 cm³/mol. The first kappa shape index (κ1) is 11.2. The lowest BCUT2D eigenvalue weighted by molar-refractivity contribution is 0.466. The zero-order valence-electron chi connectivity index (χ0n) is 9.94. The van der Waals surface area contributed by atoms with Gasteiger partial charge in [-0.25, -0.2) is 4.39 Å². The second-order valence-corrected chi connectivity index (χ2v) is 4.74. The van der Waals surface area contributed by atoms with E-state index in [-0.39, 0.29) is 11.7 Å². The molecule has 0 saturated heterocycles. The molecule has 0 radical (unpaired) electrons. The lowest BCUT2D eigenvalue weighted by Crippen LogP contribution is -2.13. The molecule has 1 aromatic carbocycles. The number of halogens is 1. The second-order valence-electron chi connectivity index (χ2n) is 4.74. The van der Waals surface area contributed by atoms with Crippen LogP contribution in [0.1, 0.15) is 35.6 Å². The number of rotatable bonds is 1. The van der Waals surface area contributed by atoms with Gasteiger partial charge >= 0.3 is 0 Å². The van der Waals surface area contributed by atoms with Gasteiger partial charge in [0, 0.05) is 18.2 Å². The standard InChI is InChI=1S/C15H14FNO/c16-12-7-11(8-13(18)9-12)14-5-1-3-10-4-2-6-17-15(10)14/h2,4,6-9,14,18H,1,3,5H2. The van der Waals surface area contributed by atoms with E-state index in [1.165, 1.54) is 11.6 Å². The zero-order valence-corrected chi connectivity index (χ0v) is 9.94. The van der Waals surface area contributed by atoms with Crippen LogP contribution in [-0.4, -0.2) is 10.1 Å². The Hall–Kier alpha value is -1.90. The number of aromatic hydroxyl groups is 1. The fourth-order valence-corrected chi connectivity index (χ4v) is 2.73. The van der Waals surface area contributed by atoms with E-state index in [4.69, 9.17) is 0 Å². The van der Waals surface area contributed by atoms with Crippen LogP contribution in [0.2, 0.25) is 0 Å². The Labute approximate surface area is 105 Å². The highest BCUT2D eigenvalue weighted by Crippen LogP contribution is 2.36. The third-order valence-electron chi connectivity index (χ3n) is 3.50. The molecule has 0 aliphatic heterocycles. The number of pyridine rings is 1. The normalized spacial score (nSPS) is 18.4. The number of benzene rings is 1. The predicted octanol–water partition coefficient (Wildman–Crippen LogP) is 3.39. The van der Waals surface area contributed by atoms with Gasteiger partial charge < -0.3 is 5.11 Å². The molecule has 3 rings (SSSR count). The Bertz CT molecular complexity index is 562. The first-order valence-electron chi connectivity index (χ1n) is 6.17. The molecule has 1 aliphatic rings. The van der Waals surface area contributed by atoms with Gasteiger partial charge in [0.15, 0.2) is 0 Å². The van der Waals surface area contributed by atoms with E-state index in [9.17, 15) is 9.50 Å². The fraction of sp³-hybridized carbons (Fsp3) is 0.267. The average Bonchev–Trinajstić information content (AvgIpc) is 2.37. The van der Waals surface area contributed by atoms with Crippen molar-refractivity contribution in [3.8, 4) is 5.75 Å². The molecule has 3 heteroatoms. The van der Waals surface area contributed by atoms with Gasteiger partial charge in [-0.2, -0.15) is 0 Å². The summed E-state index contributed by atoms with van der Waals surface area (Å²) in [6.07, 6.45) is 4.82. The van der Waals surface area contributed by atoms with Gasteiger partial charge in [0.25, 0.3) is 0 Å². The van der Waals surface area contributed by atoms with E-state index < -0.39 is 5.82 Å². The van der Waals surface area contributed by atoms with Gasteiger partial charge in [-0.15, -0.1) is 0 Å². The Morgan fingerprint density at radius 3 is 3.00 bits per heavy atom. The molecule has 2 nitrogen and oxygen atoms in total. The molecular formula is C15H14FNO. The summed E-state index contributed by atoms with van der Waals surface area (Å²) >= 11 is 0. The zero-order chi connectivity index (χ0) is 12.5. The first-order chi connectivity index (χ1) is 8.74. The van der Waals surface area contributed by atoms with Crippen LogP contribution >= 0.6 is 0 Å². The van der Waals surface area contributed by atoms with Crippen molar-refractivity contribution in [3.05, 3.63) is 59.2 Å². The van der Waals surface area contributed by atoms with Crippen LogP contribution in [0.25, 0.3) is 0 Å². The van der Waals surface area contributed by atoms with Crippen LogP contribution in [0.4, 0.5) is 4.39 Å². The summed E-state index contributed by atoms with van der Waals surface area (Å²) in [5, 5.41) is 9.51. The number of phenols is 1. The average molecular weight is 243 g/mol. The molecule has 92 valence electrons. The van der Waals surface area contributed by atoms with Gasteiger partial charge in [-0.3, -0.25) is 4.98 Å². The molecular weight excluding hydrogens is 229 g/mol. The Kier molecular flexibility index (Phi) is 2.74. The number of aryl methyl sites for hydroxylation is 1. The number of phenolic OH excluding ortho intramolecular Hbond substituents is 1. The SMILES string of the molecule is Oc1cc(F)cc(C2CCCc3cccnc32)c1. The Morgan fingerprint density at radius 1 is 1.28 bits per heavy atom. The van der Waals surface area contributed by atoms with E-state index in [2.05, 4.69) is 11.1 Å². The van der Waals surface area contributed by atoms with Gasteiger partial charge in [0.2, 0.25) is 0 Å². The van der Waals surface area contributed by atoms with Crippen LogP contribution in [0, 0.1) is 5.82 Å². The summed E-state index contributed by atoms with van der Waals surface area (Å²) in [7, 11) is 0. The van der Waals surface area contributed by atoms with Crippen molar-refractivity contribution in [1.29, 1.82) is 0 Å².